The molecule has 28 heavy (non-hydrogen) atoms. The molecule has 0 aliphatic heterocycles. The lowest BCUT2D eigenvalue weighted by Gasteiger charge is -2.57. The number of carbonyl (C=O) groups is 1. The van der Waals surface area contributed by atoms with Gasteiger partial charge in [0, 0.05) is 13.2 Å². The summed E-state index contributed by atoms with van der Waals surface area (Å²) < 4.78 is 5.85. The van der Waals surface area contributed by atoms with E-state index in [1.807, 2.05) is 6.92 Å². The van der Waals surface area contributed by atoms with Gasteiger partial charge in [0.05, 0.1) is 5.41 Å². The molecule has 0 aromatic rings. The van der Waals surface area contributed by atoms with Crippen LogP contribution in [0.3, 0.4) is 0 Å². The molecule has 2 aliphatic rings. The Morgan fingerprint density at radius 2 is 1.96 bits per heavy atom. The van der Waals surface area contributed by atoms with Gasteiger partial charge in [0.1, 0.15) is 0 Å². The average Bonchev–Trinajstić information content (AvgIpc) is 2.64. The first-order valence-electron chi connectivity index (χ1n) is 11.6. The minimum absolute atomic E-state index is 0.0908. The molecule has 162 valence electrons. The molecular weight excluding hydrogens is 348 g/mol. The van der Waals surface area contributed by atoms with Gasteiger partial charge in [0.2, 0.25) is 0 Å². The van der Waals surface area contributed by atoms with Crippen molar-refractivity contribution in [2.45, 2.75) is 92.4 Å². The molecular formula is C25H44O3. The highest BCUT2D eigenvalue weighted by molar-refractivity contribution is 5.75. The van der Waals surface area contributed by atoms with Crippen molar-refractivity contribution < 1.29 is 14.6 Å². The molecule has 0 radical (unpaired) electrons. The van der Waals surface area contributed by atoms with Gasteiger partial charge in [-0.25, -0.2) is 0 Å². The van der Waals surface area contributed by atoms with Crippen LogP contribution < -0.4 is 0 Å². The number of carboxylic acids is 1. The fraction of sp³-hybridized carbons (Fsp3) is 0.880. The summed E-state index contributed by atoms with van der Waals surface area (Å²) in [6.07, 6.45) is 9.61. The highest BCUT2D eigenvalue weighted by Gasteiger charge is 2.57. The van der Waals surface area contributed by atoms with Crippen LogP contribution in [0.4, 0.5) is 0 Å². The van der Waals surface area contributed by atoms with Gasteiger partial charge in [0.25, 0.3) is 0 Å². The number of allylic oxidation sites excluding steroid dienone is 1. The zero-order chi connectivity index (χ0) is 20.9. The lowest BCUT2D eigenvalue weighted by molar-refractivity contribution is -0.164. The number of carboxylic acid groups (broad SMARTS) is 1. The molecule has 2 fully saturated rings. The van der Waals surface area contributed by atoms with Crippen LogP contribution in [0, 0.1) is 34.5 Å². The topological polar surface area (TPSA) is 46.5 Å². The van der Waals surface area contributed by atoms with Crippen LogP contribution in [0.25, 0.3) is 0 Å². The maximum absolute atomic E-state index is 12.1. The van der Waals surface area contributed by atoms with Crippen LogP contribution in [0.15, 0.2) is 12.2 Å². The van der Waals surface area contributed by atoms with Gasteiger partial charge in [0.15, 0.2) is 0 Å². The summed E-state index contributed by atoms with van der Waals surface area (Å²) in [6.45, 7) is 17.3. The van der Waals surface area contributed by atoms with E-state index in [1.54, 1.807) is 0 Å². The third-order valence-corrected chi connectivity index (χ3v) is 8.31. The number of ether oxygens (including phenoxy) is 1. The summed E-state index contributed by atoms with van der Waals surface area (Å²) in [4.78, 5) is 12.1. The van der Waals surface area contributed by atoms with Crippen molar-refractivity contribution in [1.82, 2.24) is 0 Å². The third kappa shape index (κ3) is 5.01. The van der Waals surface area contributed by atoms with E-state index in [0.29, 0.717) is 17.8 Å². The normalized spacial score (nSPS) is 35.2. The smallest absolute Gasteiger partial charge is 0.309 e. The van der Waals surface area contributed by atoms with E-state index in [1.165, 1.54) is 18.4 Å². The number of aliphatic carboxylic acids is 1. The Kier molecular flexibility index (Phi) is 8.19. The van der Waals surface area contributed by atoms with Crippen LogP contribution in [0.1, 0.15) is 92.4 Å². The summed E-state index contributed by atoms with van der Waals surface area (Å²) >= 11 is 0. The van der Waals surface area contributed by atoms with E-state index in [9.17, 15) is 9.90 Å². The molecule has 0 amide bonds. The standard InChI is InChI=1S/C25H44O3/c1-7-18(2)17-28-16-13-19(3)9-11-21-20(4)10-12-22-24(21,5)14-8-15-25(22,6)23(26)27/h18-19,21-22H,4,7-17H2,1-3,5-6H3,(H,26,27)/t18?,19-,21-,22-,24-,25+/m0/s1. The van der Waals surface area contributed by atoms with Gasteiger partial charge in [-0.3, -0.25) is 4.79 Å². The van der Waals surface area contributed by atoms with Crippen molar-refractivity contribution in [1.29, 1.82) is 0 Å². The first-order chi connectivity index (χ1) is 13.1. The van der Waals surface area contributed by atoms with Crippen LogP contribution in [-0.4, -0.2) is 24.3 Å². The highest BCUT2D eigenvalue weighted by atomic mass is 16.5. The maximum Gasteiger partial charge on any atom is 0.309 e. The molecule has 1 N–H and O–H groups in total. The van der Waals surface area contributed by atoms with Crippen LogP contribution in [0.5, 0.6) is 0 Å². The molecule has 0 aromatic carbocycles. The van der Waals surface area contributed by atoms with E-state index >= 15 is 0 Å². The molecule has 0 aromatic heterocycles. The Morgan fingerprint density at radius 1 is 1.25 bits per heavy atom. The quantitative estimate of drug-likeness (QED) is 0.331. The SMILES string of the molecule is C=C1CC[C@H]2[C@@](C)(CCC[C@@]2(C)C(=O)O)[C@H]1CC[C@H](C)CCOCC(C)CC. The summed E-state index contributed by atoms with van der Waals surface area (Å²) in [6, 6.07) is 0. The molecule has 6 atom stereocenters. The second-order valence-corrected chi connectivity index (χ2v) is 10.4. The second kappa shape index (κ2) is 9.78. The van der Waals surface area contributed by atoms with Crippen molar-refractivity contribution in [2.75, 3.05) is 13.2 Å². The van der Waals surface area contributed by atoms with Gasteiger partial charge in [-0.1, -0.05) is 59.1 Å². The molecule has 3 heteroatoms. The first-order valence-corrected chi connectivity index (χ1v) is 11.6. The van der Waals surface area contributed by atoms with Crippen LogP contribution in [0.2, 0.25) is 0 Å². The van der Waals surface area contributed by atoms with Crippen molar-refractivity contribution in [2.24, 2.45) is 34.5 Å². The number of fused-ring (bicyclic) bond motifs is 1. The van der Waals surface area contributed by atoms with E-state index in [-0.39, 0.29) is 11.3 Å². The van der Waals surface area contributed by atoms with Crippen molar-refractivity contribution in [3.63, 3.8) is 0 Å². The minimum Gasteiger partial charge on any atom is -0.481 e. The minimum atomic E-state index is -0.596. The number of hydrogen-bond acceptors (Lipinski definition) is 2. The monoisotopic (exact) mass is 392 g/mol. The van der Waals surface area contributed by atoms with E-state index in [4.69, 9.17) is 4.74 Å². The largest absolute Gasteiger partial charge is 0.481 e. The molecule has 1 unspecified atom stereocenters. The summed E-state index contributed by atoms with van der Waals surface area (Å²) in [7, 11) is 0. The molecule has 0 saturated heterocycles. The van der Waals surface area contributed by atoms with E-state index < -0.39 is 11.4 Å². The zero-order valence-electron chi connectivity index (χ0n) is 19.1. The summed E-state index contributed by atoms with van der Waals surface area (Å²) in [5, 5.41) is 9.96. The van der Waals surface area contributed by atoms with E-state index in [0.717, 1.165) is 58.2 Å². The predicted octanol–water partition coefficient (Wildman–Crippen LogP) is 6.72. The molecule has 2 aliphatic carbocycles. The molecule has 2 saturated carbocycles. The van der Waals surface area contributed by atoms with Gasteiger partial charge in [-0.2, -0.15) is 0 Å². The van der Waals surface area contributed by atoms with Crippen molar-refractivity contribution in [3.8, 4) is 0 Å². The fourth-order valence-corrected chi connectivity index (χ4v) is 6.02. The molecule has 0 heterocycles. The molecule has 0 spiro atoms. The van der Waals surface area contributed by atoms with Crippen LogP contribution in [-0.2, 0) is 9.53 Å². The van der Waals surface area contributed by atoms with Gasteiger partial charge < -0.3 is 9.84 Å². The Morgan fingerprint density at radius 3 is 2.61 bits per heavy atom. The van der Waals surface area contributed by atoms with Gasteiger partial charge in [-0.05, 0) is 74.5 Å². The first kappa shape index (κ1) is 23.4. The molecule has 0 bridgehead atoms. The summed E-state index contributed by atoms with van der Waals surface area (Å²) in [5.41, 5.74) is 0.892. The molecule has 2 rings (SSSR count). The van der Waals surface area contributed by atoms with Crippen molar-refractivity contribution >= 4 is 5.97 Å². The Balaban J connectivity index is 1.94. The average molecular weight is 393 g/mol. The Hall–Kier alpha value is -0.830. The number of rotatable bonds is 10. The lowest BCUT2D eigenvalue weighted by Crippen LogP contribution is -2.53. The van der Waals surface area contributed by atoms with E-state index in [2.05, 4.69) is 34.3 Å². The zero-order valence-corrected chi connectivity index (χ0v) is 19.1. The van der Waals surface area contributed by atoms with Gasteiger partial charge >= 0.3 is 5.97 Å². The highest BCUT2D eigenvalue weighted by Crippen LogP contribution is 2.62. The molecule has 3 nitrogen and oxygen atoms in total. The number of hydrogen-bond donors (Lipinski definition) is 1. The summed E-state index contributed by atoms with van der Waals surface area (Å²) in [5.74, 6) is 1.43. The lowest BCUT2D eigenvalue weighted by atomic mass is 9.46. The third-order valence-electron chi connectivity index (χ3n) is 8.31. The van der Waals surface area contributed by atoms with Crippen LogP contribution >= 0.6 is 0 Å². The Bertz CT molecular complexity index is 542. The van der Waals surface area contributed by atoms with Gasteiger partial charge in [-0.15, -0.1) is 0 Å². The maximum atomic E-state index is 12.1. The fourth-order valence-electron chi connectivity index (χ4n) is 6.02. The van der Waals surface area contributed by atoms with Crippen molar-refractivity contribution in [3.05, 3.63) is 12.2 Å². The predicted molar refractivity (Wildman–Crippen MR) is 116 cm³/mol. The second-order valence-electron chi connectivity index (χ2n) is 10.4. The Labute approximate surface area is 173 Å².